The van der Waals surface area contributed by atoms with Crippen LogP contribution in [0.1, 0.15) is 25.5 Å². The van der Waals surface area contributed by atoms with Crippen LogP contribution >= 0.6 is 35.1 Å². The summed E-state index contributed by atoms with van der Waals surface area (Å²) in [6, 6.07) is 11.0. The summed E-state index contributed by atoms with van der Waals surface area (Å²) in [5.74, 6) is 0.0322. The van der Waals surface area contributed by atoms with E-state index in [0.717, 1.165) is 22.8 Å². The summed E-state index contributed by atoms with van der Waals surface area (Å²) in [7, 11) is 0. The van der Waals surface area contributed by atoms with Crippen molar-refractivity contribution in [2.24, 2.45) is 10.1 Å². The van der Waals surface area contributed by atoms with E-state index in [1.165, 1.54) is 34.6 Å². The Hall–Kier alpha value is -2.29. The number of fused-ring (bicyclic) bond motifs is 1. The zero-order valence-corrected chi connectivity index (χ0v) is 17.2. The van der Waals surface area contributed by atoms with Crippen LogP contribution in [-0.2, 0) is 4.79 Å². The first-order valence-corrected chi connectivity index (χ1v) is 10.6. The number of furan rings is 1. The van der Waals surface area contributed by atoms with Crippen molar-refractivity contribution < 1.29 is 9.21 Å². The van der Waals surface area contributed by atoms with Crippen LogP contribution in [0.15, 0.2) is 66.5 Å². The maximum Gasteiger partial charge on any atom is 0.283 e. The van der Waals surface area contributed by atoms with Gasteiger partial charge in [0.1, 0.15) is 10.8 Å². The van der Waals surface area contributed by atoms with Crippen LogP contribution in [0.3, 0.4) is 0 Å². The Morgan fingerprint density at radius 2 is 2.07 bits per heavy atom. The van der Waals surface area contributed by atoms with Crippen molar-refractivity contribution >= 4 is 63.2 Å². The summed E-state index contributed by atoms with van der Waals surface area (Å²) >= 11 is 8.69. The molecule has 0 aliphatic carbocycles. The zero-order valence-electron chi connectivity index (χ0n) is 14.8. The van der Waals surface area contributed by atoms with E-state index in [9.17, 15) is 4.79 Å². The molecule has 0 unspecified atom stereocenters. The number of carbonyl (C=O) groups is 1. The van der Waals surface area contributed by atoms with E-state index >= 15 is 0 Å². The molecule has 4 rings (SSSR count). The van der Waals surface area contributed by atoms with Gasteiger partial charge in [0, 0.05) is 9.92 Å². The summed E-state index contributed by atoms with van der Waals surface area (Å²) < 4.78 is 5.78. The maximum absolute atomic E-state index is 12.4. The molecule has 0 radical (unpaired) electrons. The van der Waals surface area contributed by atoms with Crippen molar-refractivity contribution in [3.63, 3.8) is 0 Å². The smallest absolute Gasteiger partial charge is 0.283 e. The van der Waals surface area contributed by atoms with Gasteiger partial charge in [-0.3, -0.25) is 10.2 Å². The highest BCUT2D eigenvalue weighted by Gasteiger charge is 2.35. The molecule has 6 nitrogen and oxygen atoms in total. The average Bonchev–Trinajstić information content (AvgIpc) is 3.28. The van der Waals surface area contributed by atoms with E-state index in [2.05, 4.69) is 17.0 Å². The normalized spacial score (nSPS) is 17.8. The number of halogens is 1. The van der Waals surface area contributed by atoms with Crippen molar-refractivity contribution in [3.05, 3.63) is 52.8 Å². The van der Waals surface area contributed by atoms with Gasteiger partial charge in [-0.25, -0.2) is 0 Å². The molecule has 2 aliphatic rings. The van der Waals surface area contributed by atoms with Crippen molar-refractivity contribution in [1.29, 1.82) is 5.41 Å². The van der Waals surface area contributed by atoms with Gasteiger partial charge in [-0.1, -0.05) is 30.3 Å². The van der Waals surface area contributed by atoms with E-state index in [-0.39, 0.29) is 11.4 Å². The van der Waals surface area contributed by atoms with Gasteiger partial charge in [0.05, 0.1) is 5.57 Å². The lowest BCUT2D eigenvalue weighted by Gasteiger charge is -2.19. The minimum atomic E-state index is -0.458. The molecule has 1 N–H and O–H groups in total. The summed E-state index contributed by atoms with van der Waals surface area (Å²) in [4.78, 5) is 17.5. The van der Waals surface area contributed by atoms with Crippen molar-refractivity contribution in [1.82, 2.24) is 5.01 Å². The van der Waals surface area contributed by atoms with E-state index in [1.807, 2.05) is 30.3 Å². The zero-order chi connectivity index (χ0) is 19.7. The van der Waals surface area contributed by atoms with Gasteiger partial charge in [-0.15, -0.1) is 0 Å². The first kappa shape index (κ1) is 19.0. The van der Waals surface area contributed by atoms with E-state index in [0.29, 0.717) is 21.0 Å². The molecule has 3 heterocycles. The fourth-order valence-corrected chi connectivity index (χ4v) is 4.47. The van der Waals surface area contributed by atoms with E-state index in [4.69, 9.17) is 21.4 Å². The molecule has 0 saturated heterocycles. The molecule has 1 amide bonds. The Morgan fingerprint density at radius 3 is 2.82 bits per heavy atom. The Kier molecular flexibility index (Phi) is 5.43. The third-order valence-electron chi connectivity index (χ3n) is 3.88. The van der Waals surface area contributed by atoms with Gasteiger partial charge >= 0.3 is 0 Å². The quantitative estimate of drug-likeness (QED) is 0.633. The second-order valence-electron chi connectivity index (χ2n) is 5.98. The van der Waals surface area contributed by atoms with Gasteiger partial charge in [-0.2, -0.15) is 15.1 Å². The van der Waals surface area contributed by atoms with Crippen LogP contribution in [0.2, 0.25) is 5.02 Å². The van der Waals surface area contributed by atoms with Crippen molar-refractivity contribution in [2.75, 3.05) is 0 Å². The number of amides is 1. The van der Waals surface area contributed by atoms with Gasteiger partial charge in [-0.05, 0) is 67.1 Å². The summed E-state index contributed by atoms with van der Waals surface area (Å²) in [6.07, 6.45) is 3.27. The van der Waals surface area contributed by atoms with Crippen LogP contribution in [0, 0.1) is 5.41 Å². The number of hydrogen-bond donors (Lipinski definition) is 1. The summed E-state index contributed by atoms with van der Waals surface area (Å²) in [5, 5.41) is 16.8. The van der Waals surface area contributed by atoms with Gasteiger partial charge in [0.15, 0.2) is 10.9 Å². The number of hydrogen-bond acceptors (Lipinski definition) is 6. The molecule has 9 heteroatoms. The lowest BCUT2D eigenvalue weighted by Crippen LogP contribution is -2.35. The highest BCUT2D eigenvalue weighted by atomic mass is 35.5. The molecule has 0 fully saturated rings. The van der Waals surface area contributed by atoms with Gasteiger partial charge in [0.25, 0.3) is 5.91 Å². The molecule has 0 bridgehead atoms. The molecular weight excluding hydrogens is 416 g/mol. The Balaban J connectivity index is 1.54. The van der Waals surface area contributed by atoms with Crippen LogP contribution in [0.25, 0.3) is 6.08 Å². The Morgan fingerprint density at radius 1 is 1.29 bits per heavy atom. The largest absolute Gasteiger partial charge is 0.450 e. The average molecular weight is 431 g/mol. The molecule has 28 heavy (non-hydrogen) atoms. The third kappa shape index (κ3) is 3.94. The summed E-state index contributed by atoms with van der Waals surface area (Å²) in [6.45, 7) is 2.06. The number of aliphatic imine (C=N–C) groups is 1. The molecule has 2 aliphatic heterocycles. The fraction of sp³-hybridized carbons (Fsp3) is 0.158. The number of thioether (sulfide) groups is 1. The standard InChI is InChI=1S/C19H15ClN4O2S2/c1-2-3-15-23-24-17(21)14(18(25)22-19(24)28-15)10-12-6-9-16(26-12)27-13-7-4-11(20)5-8-13/h4-10,21H,2-3H2,1H3. The molecule has 1 aromatic heterocycles. The molecule has 2 aromatic rings. The Bertz CT molecular complexity index is 1040. The van der Waals surface area contributed by atoms with E-state index < -0.39 is 5.91 Å². The Labute approximate surface area is 175 Å². The van der Waals surface area contributed by atoms with Gasteiger partial charge < -0.3 is 4.42 Å². The second kappa shape index (κ2) is 7.98. The fourth-order valence-electron chi connectivity index (χ4n) is 2.57. The topological polar surface area (TPSA) is 82.0 Å². The first-order chi connectivity index (χ1) is 13.5. The number of amidine groups is 2. The molecule has 0 saturated carbocycles. The predicted octanol–water partition coefficient (Wildman–Crippen LogP) is 5.50. The van der Waals surface area contributed by atoms with E-state index in [1.54, 1.807) is 6.07 Å². The second-order valence-corrected chi connectivity index (χ2v) is 8.53. The number of benzene rings is 1. The van der Waals surface area contributed by atoms with Crippen LogP contribution in [0.5, 0.6) is 0 Å². The molecular formula is C19H15ClN4O2S2. The number of rotatable bonds is 5. The lowest BCUT2D eigenvalue weighted by atomic mass is 10.1. The van der Waals surface area contributed by atoms with Crippen molar-refractivity contribution in [2.45, 2.75) is 29.8 Å². The predicted molar refractivity (Wildman–Crippen MR) is 114 cm³/mol. The van der Waals surface area contributed by atoms with Crippen LogP contribution in [-0.4, -0.2) is 27.0 Å². The number of hydrazone groups is 1. The minimum Gasteiger partial charge on any atom is -0.450 e. The number of nitrogens with zero attached hydrogens (tertiary/aromatic N) is 3. The monoisotopic (exact) mass is 430 g/mol. The number of carbonyl (C=O) groups excluding carboxylic acids is 1. The highest BCUT2D eigenvalue weighted by Crippen LogP contribution is 2.32. The third-order valence-corrected chi connectivity index (χ3v) is 6.03. The van der Waals surface area contributed by atoms with Crippen LogP contribution < -0.4 is 0 Å². The molecule has 142 valence electrons. The lowest BCUT2D eigenvalue weighted by molar-refractivity contribution is -0.114. The number of nitrogens with one attached hydrogen (secondary N) is 1. The van der Waals surface area contributed by atoms with Gasteiger partial charge in [0.2, 0.25) is 5.17 Å². The molecule has 0 spiro atoms. The summed E-state index contributed by atoms with van der Waals surface area (Å²) in [5.41, 5.74) is 0.156. The highest BCUT2D eigenvalue weighted by molar-refractivity contribution is 8.26. The maximum atomic E-state index is 12.4. The SMILES string of the molecule is CCCC1=NN2C(=N)C(=Cc3ccc(Sc4ccc(Cl)cc4)o3)C(=O)N=C2S1. The molecule has 1 aromatic carbocycles. The molecule has 0 atom stereocenters. The first-order valence-electron chi connectivity index (χ1n) is 8.56. The van der Waals surface area contributed by atoms with Crippen molar-refractivity contribution in [3.8, 4) is 0 Å². The minimum absolute atomic E-state index is 0.0110. The van der Waals surface area contributed by atoms with Crippen LogP contribution in [0.4, 0.5) is 0 Å².